The van der Waals surface area contributed by atoms with E-state index in [0.717, 1.165) is 18.7 Å². The molecule has 2 atom stereocenters. The molecule has 0 saturated carbocycles. The Morgan fingerprint density at radius 1 is 1.25 bits per heavy atom. The van der Waals surface area contributed by atoms with Gasteiger partial charge in [0, 0.05) is 60.8 Å². The number of fused-ring (bicyclic) bond motifs is 1. The van der Waals surface area contributed by atoms with Crippen LogP contribution in [0.2, 0.25) is 10.0 Å². The largest absolute Gasteiger partial charge is 0.486 e. The number of benzene rings is 1. The Morgan fingerprint density at radius 3 is 2.75 bits per heavy atom. The van der Waals surface area contributed by atoms with Crippen molar-refractivity contribution in [3.63, 3.8) is 0 Å². The average molecular weight is 528 g/mol. The van der Waals surface area contributed by atoms with E-state index in [1.807, 2.05) is 6.92 Å². The lowest BCUT2D eigenvalue weighted by Gasteiger charge is -2.17. The predicted molar refractivity (Wildman–Crippen MR) is 139 cm³/mol. The number of pyridine rings is 2. The van der Waals surface area contributed by atoms with E-state index in [1.54, 1.807) is 30.3 Å². The second-order valence-corrected chi connectivity index (χ2v) is 9.62. The number of likely N-dealkylation sites (tertiary alicyclic amines) is 1. The number of halogens is 3. The summed E-state index contributed by atoms with van der Waals surface area (Å²) < 4.78 is 21.2. The minimum atomic E-state index is -0.439. The molecule has 1 unspecified atom stereocenters. The molecule has 5 rings (SSSR count). The van der Waals surface area contributed by atoms with Gasteiger partial charge in [0.05, 0.1) is 33.1 Å². The van der Waals surface area contributed by atoms with E-state index in [2.05, 4.69) is 25.1 Å². The van der Waals surface area contributed by atoms with Crippen LogP contribution in [0.5, 0.6) is 5.75 Å². The molecule has 0 amide bonds. The number of H-pyrrole nitrogens is 1. The zero-order chi connectivity index (χ0) is 25.2. The predicted octanol–water partition coefficient (Wildman–Crippen LogP) is 5.83. The summed E-state index contributed by atoms with van der Waals surface area (Å²) >= 11 is 12.5. The topological polar surface area (TPSA) is 87.2 Å². The molecule has 4 aromatic rings. The number of nitrogens with one attached hydrogen (secondary N) is 1. The first-order valence-electron chi connectivity index (χ1n) is 11.5. The van der Waals surface area contributed by atoms with Gasteiger partial charge in [0.1, 0.15) is 17.7 Å². The molecule has 1 aromatic carbocycles. The Morgan fingerprint density at radius 2 is 2.06 bits per heavy atom. The highest BCUT2D eigenvalue weighted by atomic mass is 35.5. The fourth-order valence-electron chi connectivity index (χ4n) is 4.32. The lowest BCUT2D eigenvalue weighted by atomic mass is 10.1. The van der Waals surface area contributed by atoms with Gasteiger partial charge >= 0.3 is 0 Å². The van der Waals surface area contributed by atoms with Gasteiger partial charge in [-0.15, -0.1) is 0 Å². The van der Waals surface area contributed by atoms with Crippen LogP contribution in [0.1, 0.15) is 42.0 Å². The zero-order valence-electron chi connectivity index (χ0n) is 19.5. The Kier molecular flexibility index (Phi) is 7.20. The number of β-amino-alcohol motifs (C(OH)–C–C–N with tert-alkyl or cyclic N) is 1. The van der Waals surface area contributed by atoms with Crippen LogP contribution in [0.25, 0.3) is 22.8 Å². The summed E-state index contributed by atoms with van der Waals surface area (Å²) in [5, 5.41) is 18.4. The highest BCUT2D eigenvalue weighted by Gasteiger charge is 2.20. The molecule has 0 aliphatic carbocycles. The Labute approximate surface area is 217 Å². The molecule has 2 N–H and O–H groups in total. The summed E-state index contributed by atoms with van der Waals surface area (Å²) in [4.78, 5) is 10.5. The Bertz CT molecular complexity index is 1390. The standard InChI is InChI=1S/C26H24Cl2FN5O2/c1-15(26-21(27)11-30-12-22(26)28)36-19-4-5-24-20(8-19)25(33-32-24)9-23(29)16-2-3-17(31-10-16)13-34-7-6-18(35)14-34/h2-5,8-12,15,18,35H,6-7,13-14H2,1H3,(H,32,33)/b23-9-/t15-,18?/m1/s1. The number of ether oxygens (including phenoxy) is 1. The van der Waals surface area contributed by atoms with Crippen LogP contribution in [0, 0.1) is 0 Å². The minimum absolute atomic E-state index is 0.283. The first kappa shape index (κ1) is 24.6. The molecule has 4 heterocycles. The van der Waals surface area contributed by atoms with E-state index in [9.17, 15) is 5.11 Å². The molecule has 1 fully saturated rings. The van der Waals surface area contributed by atoms with Gasteiger partial charge in [0.2, 0.25) is 0 Å². The van der Waals surface area contributed by atoms with Crippen LogP contribution in [0.15, 0.2) is 48.9 Å². The van der Waals surface area contributed by atoms with Crippen LogP contribution >= 0.6 is 23.2 Å². The van der Waals surface area contributed by atoms with Crippen molar-refractivity contribution < 1.29 is 14.2 Å². The quantitative estimate of drug-likeness (QED) is 0.314. The van der Waals surface area contributed by atoms with Crippen molar-refractivity contribution in [3.8, 4) is 5.75 Å². The van der Waals surface area contributed by atoms with Gasteiger partial charge in [0.25, 0.3) is 0 Å². The molecule has 3 aromatic heterocycles. The maximum absolute atomic E-state index is 15.1. The summed E-state index contributed by atoms with van der Waals surface area (Å²) in [5.41, 5.74) is 3.03. The van der Waals surface area contributed by atoms with E-state index in [0.29, 0.717) is 56.6 Å². The van der Waals surface area contributed by atoms with E-state index in [4.69, 9.17) is 27.9 Å². The van der Waals surface area contributed by atoms with Gasteiger partial charge < -0.3 is 9.84 Å². The van der Waals surface area contributed by atoms with Crippen molar-refractivity contribution in [1.29, 1.82) is 0 Å². The monoisotopic (exact) mass is 527 g/mol. The third-order valence-corrected chi connectivity index (χ3v) is 6.77. The van der Waals surface area contributed by atoms with Crippen LogP contribution in [0.3, 0.4) is 0 Å². The van der Waals surface area contributed by atoms with E-state index in [-0.39, 0.29) is 6.10 Å². The molecule has 1 aliphatic heterocycles. The van der Waals surface area contributed by atoms with Crippen molar-refractivity contribution in [3.05, 3.63) is 81.5 Å². The number of aliphatic hydroxyl groups excluding tert-OH is 1. The van der Waals surface area contributed by atoms with Crippen LogP contribution < -0.4 is 4.74 Å². The van der Waals surface area contributed by atoms with Crippen molar-refractivity contribution in [2.24, 2.45) is 0 Å². The van der Waals surface area contributed by atoms with Crippen LogP contribution in [-0.4, -0.2) is 49.4 Å². The molecule has 186 valence electrons. The SMILES string of the molecule is C[C@@H](Oc1ccc2n[nH]c(/C=C(\F)c3ccc(CN4CCC(O)C4)nc3)c2c1)c1c(Cl)cncc1Cl. The normalized spacial score (nSPS) is 17.6. The third-order valence-electron chi connectivity index (χ3n) is 6.17. The van der Waals surface area contributed by atoms with Gasteiger partial charge in [-0.1, -0.05) is 23.2 Å². The zero-order valence-corrected chi connectivity index (χ0v) is 21.0. The van der Waals surface area contributed by atoms with E-state index >= 15 is 4.39 Å². The van der Waals surface area contributed by atoms with Gasteiger partial charge in [-0.3, -0.25) is 20.0 Å². The fraction of sp³-hybridized carbons (Fsp3) is 0.269. The number of aromatic amines is 1. The molecule has 0 bridgehead atoms. The summed E-state index contributed by atoms with van der Waals surface area (Å²) in [6.45, 7) is 3.94. The van der Waals surface area contributed by atoms with E-state index < -0.39 is 11.9 Å². The smallest absolute Gasteiger partial charge is 0.134 e. The average Bonchev–Trinajstić information content (AvgIpc) is 3.44. The second-order valence-electron chi connectivity index (χ2n) is 8.80. The highest BCUT2D eigenvalue weighted by Crippen LogP contribution is 2.34. The second kappa shape index (κ2) is 10.5. The molecule has 1 saturated heterocycles. The van der Waals surface area contributed by atoms with Crippen molar-refractivity contribution in [1.82, 2.24) is 25.1 Å². The maximum Gasteiger partial charge on any atom is 0.134 e. The summed E-state index contributed by atoms with van der Waals surface area (Å²) in [6, 6.07) is 8.89. The van der Waals surface area contributed by atoms with Gasteiger partial charge in [-0.05, 0) is 43.7 Å². The number of hydrogen-bond donors (Lipinski definition) is 2. The van der Waals surface area contributed by atoms with Crippen molar-refractivity contribution >= 4 is 46.0 Å². The molecular weight excluding hydrogens is 504 g/mol. The number of aromatic nitrogens is 4. The molecule has 0 spiro atoms. The van der Waals surface area contributed by atoms with Crippen LogP contribution in [0.4, 0.5) is 4.39 Å². The number of nitrogens with zero attached hydrogens (tertiary/aromatic N) is 4. The lowest BCUT2D eigenvalue weighted by Crippen LogP contribution is -2.21. The highest BCUT2D eigenvalue weighted by molar-refractivity contribution is 6.35. The van der Waals surface area contributed by atoms with Gasteiger partial charge in [-0.25, -0.2) is 4.39 Å². The number of aliphatic hydroxyl groups is 1. The van der Waals surface area contributed by atoms with Gasteiger partial charge in [0.15, 0.2) is 0 Å². The molecular formula is C26H24Cl2FN5O2. The molecule has 36 heavy (non-hydrogen) atoms. The summed E-state index contributed by atoms with van der Waals surface area (Å²) in [6.07, 6.45) is 6.01. The summed E-state index contributed by atoms with van der Waals surface area (Å²) in [5.74, 6) is 0.125. The first-order valence-corrected chi connectivity index (χ1v) is 12.3. The summed E-state index contributed by atoms with van der Waals surface area (Å²) in [7, 11) is 0. The Balaban J connectivity index is 1.34. The van der Waals surface area contributed by atoms with Crippen molar-refractivity contribution in [2.75, 3.05) is 13.1 Å². The van der Waals surface area contributed by atoms with Crippen LogP contribution in [-0.2, 0) is 6.54 Å². The van der Waals surface area contributed by atoms with Gasteiger partial charge in [-0.2, -0.15) is 5.10 Å². The Hall–Kier alpha value is -3.04. The fourth-order valence-corrected chi connectivity index (χ4v) is 4.99. The lowest BCUT2D eigenvalue weighted by molar-refractivity contribution is 0.174. The third kappa shape index (κ3) is 5.37. The molecule has 0 radical (unpaired) electrons. The molecule has 7 nitrogen and oxygen atoms in total. The molecule has 1 aliphatic rings. The minimum Gasteiger partial charge on any atom is -0.486 e. The molecule has 10 heteroatoms. The van der Waals surface area contributed by atoms with E-state index in [1.165, 1.54) is 24.7 Å². The number of hydrogen-bond acceptors (Lipinski definition) is 6. The first-order chi connectivity index (χ1) is 17.4. The number of rotatable bonds is 7. The van der Waals surface area contributed by atoms with Crippen molar-refractivity contribution in [2.45, 2.75) is 32.1 Å². The maximum atomic E-state index is 15.1.